The summed E-state index contributed by atoms with van der Waals surface area (Å²) in [6.45, 7) is 2.03. The molecule has 0 amide bonds. The van der Waals surface area contributed by atoms with Gasteiger partial charge in [-0.2, -0.15) is 0 Å². The van der Waals surface area contributed by atoms with E-state index in [9.17, 15) is 13.2 Å². The van der Waals surface area contributed by atoms with Gasteiger partial charge in [0, 0.05) is 24.3 Å². The molecule has 0 radical (unpaired) electrons. The fourth-order valence-corrected chi connectivity index (χ4v) is 1.89. The number of ketones is 1. The summed E-state index contributed by atoms with van der Waals surface area (Å²) < 4.78 is 22.4. The van der Waals surface area contributed by atoms with Crippen LogP contribution in [0.25, 0.3) is 0 Å². The van der Waals surface area contributed by atoms with E-state index in [1.54, 1.807) is 6.92 Å². The molecule has 0 aliphatic rings. The summed E-state index contributed by atoms with van der Waals surface area (Å²) in [4.78, 5) is 11.9. The Balaban J connectivity index is 3.00. The zero-order chi connectivity index (χ0) is 12.3. The van der Waals surface area contributed by atoms with Crippen LogP contribution >= 0.6 is 0 Å². The van der Waals surface area contributed by atoms with Gasteiger partial charge < -0.3 is 5.73 Å². The maximum Gasteiger partial charge on any atom is 0.175 e. The number of benzene rings is 1. The third-order valence-electron chi connectivity index (χ3n) is 2.37. The molecule has 1 atom stereocenters. The molecule has 0 heterocycles. The highest BCUT2D eigenvalue weighted by Crippen LogP contribution is 2.13. The second kappa shape index (κ2) is 4.76. The summed E-state index contributed by atoms with van der Waals surface area (Å²) >= 11 is 0. The lowest BCUT2D eigenvalue weighted by Gasteiger charge is -2.07. The van der Waals surface area contributed by atoms with Gasteiger partial charge in [0.05, 0.1) is 4.90 Å². The molecule has 16 heavy (non-hydrogen) atoms. The van der Waals surface area contributed by atoms with Crippen LogP contribution in [0.1, 0.15) is 17.3 Å². The van der Waals surface area contributed by atoms with Gasteiger partial charge in [-0.25, -0.2) is 8.42 Å². The maximum absolute atomic E-state index is 11.7. The van der Waals surface area contributed by atoms with Crippen molar-refractivity contribution < 1.29 is 13.2 Å². The first-order valence-corrected chi connectivity index (χ1v) is 6.80. The molecular formula is C11H15NO3S. The Labute approximate surface area is 95.4 Å². The highest BCUT2D eigenvalue weighted by atomic mass is 32.2. The lowest BCUT2D eigenvalue weighted by Crippen LogP contribution is -2.20. The molecule has 2 N–H and O–H groups in total. The van der Waals surface area contributed by atoms with Crippen LogP contribution in [0.2, 0.25) is 0 Å². The summed E-state index contributed by atoms with van der Waals surface area (Å²) in [5.74, 6) is -0.313. The van der Waals surface area contributed by atoms with Crippen LogP contribution < -0.4 is 5.73 Å². The second-order valence-corrected chi connectivity index (χ2v) is 5.81. The highest BCUT2D eigenvalue weighted by molar-refractivity contribution is 7.90. The summed E-state index contributed by atoms with van der Waals surface area (Å²) in [6, 6.07) is 5.91. The van der Waals surface area contributed by atoms with Crippen LogP contribution in [0.15, 0.2) is 29.2 Å². The Hall–Kier alpha value is -1.20. The molecule has 4 nitrogen and oxygen atoms in total. The number of sulfone groups is 1. The smallest absolute Gasteiger partial charge is 0.175 e. The fraction of sp³-hybridized carbons (Fsp3) is 0.364. The molecule has 0 aliphatic carbocycles. The predicted molar refractivity (Wildman–Crippen MR) is 62.1 cm³/mol. The van der Waals surface area contributed by atoms with Gasteiger partial charge in [-0.1, -0.05) is 19.1 Å². The van der Waals surface area contributed by atoms with Crippen molar-refractivity contribution in [2.24, 2.45) is 11.7 Å². The number of Topliss-reactive ketones (excluding diaryl/α,β-unsaturated/α-hetero) is 1. The van der Waals surface area contributed by atoms with Crippen molar-refractivity contribution >= 4 is 15.6 Å². The van der Waals surface area contributed by atoms with Crippen molar-refractivity contribution in [1.29, 1.82) is 0 Å². The van der Waals surface area contributed by atoms with E-state index in [1.165, 1.54) is 24.3 Å². The van der Waals surface area contributed by atoms with Crippen LogP contribution in [0.4, 0.5) is 0 Å². The van der Waals surface area contributed by atoms with Gasteiger partial charge in [-0.3, -0.25) is 4.79 Å². The Kier molecular flexibility index (Phi) is 3.83. The van der Waals surface area contributed by atoms with Crippen molar-refractivity contribution in [2.75, 3.05) is 12.8 Å². The predicted octanol–water partition coefficient (Wildman–Crippen LogP) is 0.868. The van der Waals surface area contributed by atoms with Crippen LogP contribution in [0.3, 0.4) is 0 Å². The maximum atomic E-state index is 11.7. The van der Waals surface area contributed by atoms with Gasteiger partial charge in [0.2, 0.25) is 0 Å². The van der Waals surface area contributed by atoms with Gasteiger partial charge in [-0.15, -0.1) is 0 Å². The molecule has 0 spiro atoms. The Morgan fingerprint density at radius 2 is 1.81 bits per heavy atom. The zero-order valence-electron chi connectivity index (χ0n) is 9.30. The van der Waals surface area contributed by atoms with Crippen LogP contribution in [0.5, 0.6) is 0 Å². The molecule has 1 aromatic carbocycles. The molecule has 0 aromatic heterocycles. The molecule has 88 valence electrons. The summed E-state index contributed by atoms with van der Waals surface area (Å²) in [5, 5.41) is 0. The Morgan fingerprint density at radius 1 is 1.31 bits per heavy atom. The van der Waals surface area contributed by atoms with E-state index in [-0.39, 0.29) is 23.1 Å². The Morgan fingerprint density at radius 3 is 2.19 bits per heavy atom. The van der Waals surface area contributed by atoms with Crippen molar-refractivity contribution in [3.63, 3.8) is 0 Å². The number of rotatable bonds is 4. The molecule has 0 saturated heterocycles. The topological polar surface area (TPSA) is 77.2 Å². The second-order valence-electron chi connectivity index (χ2n) is 3.80. The van der Waals surface area contributed by atoms with Gasteiger partial charge in [0.15, 0.2) is 15.6 Å². The highest BCUT2D eigenvalue weighted by Gasteiger charge is 2.14. The first kappa shape index (κ1) is 12.9. The van der Waals surface area contributed by atoms with Crippen molar-refractivity contribution in [3.8, 4) is 0 Å². The SMILES string of the molecule is CC(CN)C(=O)c1ccc(S(C)(=O)=O)cc1. The molecule has 1 unspecified atom stereocenters. The standard InChI is InChI=1S/C11H15NO3S/c1-8(7-12)11(13)9-3-5-10(6-4-9)16(2,14)15/h3-6,8H,7,12H2,1-2H3. The first-order valence-electron chi connectivity index (χ1n) is 4.90. The van der Waals surface area contributed by atoms with Crippen LogP contribution in [-0.4, -0.2) is 27.0 Å². The molecule has 0 aliphatic heterocycles. The van der Waals surface area contributed by atoms with Crippen molar-refractivity contribution in [2.45, 2.75) is 11.8 Å². The number of carbonyl (C=O) groups is 1. The average Bonchev–Trinajstić information content (AvgIpc) is 2.26. The van der Waals surface area contributed by atoms with Gasteiger partial charge in [-0.05, 0) is 12.1 Å². The van der Waals surface area contributed by atoms with E-state index >= 15 is 0 Å². The molecule has 5 heteroatoms. The van der Waals surface area contributed by atoms with Crippen molar-refractivity contribution in [1.82, 2.24) is 0 Å². The van der Waals surface area contributed by atoms with E-state index in [4.69, 9.17) is 5.73 Å². The molecule has 0 saturated carbocycles. The minimum Gasteiger partial charge on any atom is -0.330 e. The van der Waals surface area contributed by atoms with E-state index in [1.807, 2.05) is 0 Å². The van der Waals surface area contributed by atoms with E-state index in [2.05, 4.69) is 0 Å². The van der Waals surface area contributed by atoms with Gasteiger partial charge in [0.1, 0.15) is 0 Å². The van der Waals surface area contributed by atoms with Crippen LogP contribution in [0, 0.1) is 5.92 Å². The average molecular weight is 241 g/mol. The quantitative estimate of drug-likeness (QED) is 0.793. The monoisotopic (exact) mass is 241 g/mol. The molecule has 0 fully saturated rings. The van der Waals surface area contributed by atoms with Crippen molar-refractivity contribution in [3.05, 3.63) is 29.8 Å². The van der Waals surface area contributed by atoms with Gasteiger partial charge in [0.25, 0.3) is 0 Å². The minimum atomic E-state index is -3.21. The number of hydrogen-bond donors (Lipinski definition) is 1. The number of hydrogen-bond acceptors (Lipinski definition) is 4. The largest absolute Gasteiger partial charge is 0.330 e. The van der Waals surface area contributed by atoms with E-state index in [0.717, 1.165) is 6.26 Å². The van der Waals surface area contributed by atoms with Crippen LogP contribution in [-0.2, 0) is 9.84 Å². The minimum absolute atomic E-state index is 0.0671. The van der Waals surface area contributed by atoms with E-state index in [0.29, 0.717) is 5.56 Å². The first-order chi connectivity index (χ1) is 7.36. The third kappa shape index (κ3) is 2.90. The number of nitrogens with two attached hydrogens (primary N) is 1. The lowest BCUT2D eigenvalue weighted by atomic mass is 10.00. The Bertz CT molecular complexity index is 476. The number of carbonyl (C=O) groups excluding carboxylic acids is 1. The fourth-order valence-electron chi connectivity index (χ4n) is 1.26. The summed E-state index contributed by atoms with van der Waals surface area (Å²) in [7, 11) is -3.21. The molecule has 1 aromatic rings. The molecule has 1 rings (SSSR count). The lowest BCUT2D eigenvalue weighted by molar-refractivity contribution is 0.0934. The van der Waals surface area contributed by atoms with Gasteiger partial charge >= 0.3 is 0 Å². The molecular weight excluding hydrogens is 226 g/mol. The summed E-state index contributed by atoms with van der Waals surface area (Å²) in [6.07, 6.45) is 1.13. The normalized spacial score (nSPS) is 13.4. The third-order valence-corrected chi connectivity index (χ3v) is 3.50. The zero-order valence-corrected chi connectivity index (χ0v) is 10.1. The van der Waals surface area contributed by atoms with E-state index < -0.39 is 9.84 Å². The molecule has 0 bridgehead atoms. The summed E-state index contributed by atoms with van der Waals surface area (Å²) in [5.41, 5.74) is 5.88.